The van der Waals surface area contributed by atoms with Crippen molar-refractivity contribution in [3.8, 4) is 0 Å². The van der Waals surface area contributed by atoms with Gasteiger partial charge >= 0.3 is 12.0 Å². The minimum atomic E-state index is -0.154. The molecule has 7 heteroatoms. The van der Waals surface area contributed by atoms with E-state index in [1.54, 1.807) is 0 Å². The zero-order chi connectivity index (χ0) is 16.2. The summed E-state index contributed by atoms with van der Waals surface area (Å²) in [7, 11) is 1.45. The number of rotatable bonds is 6. The van der Waals surface area contributed by atoms with Crippen LogP contribution in [0.25, 0.3) is 0 Å². The third-order valence-corrected chi connectivity index (χ3v) is 6.62. The third kappa shape index (κ3) is 3.94. The van der Waals surface area contributed by atoms with Gasteiger partial charge in [0.15, 0.2) is 0 Å². The van der Waals surface area contributed by atoms with Crippen LogP contribution >= 0.6 is 11.8 Å². The monoisotopic (exact) mass is 342 g/mol. The molecule has 3 aliphatic heterocycles. The van der Waals surface area contributed by atoms with Crippen LogP contribution in [0.1, 0.15) is 38.5 Å². The Bertz CT molecular complexity index is 442. The van der Waals surface area contributed by atoms with Gasteiger partial charge in [0.2, 0.25) is 0 Å². The minimum absolute atomic E-state index is 0.00743. The predicted octanol–water partition coefficient (Wildman–Crippen LogP) is 1.68. The largest absolute Gasteiger partial charge is 0.469 e. The van der Waals surface area contributed by atoms with Gasteiger partial charge in [0, 0.05) is 17.6 Å². The molecule has 0 bridgehead atoms. The third-order valence-electron chi connectivity index (χ3n) is 5.11. The quantitative estimate of drug-likeness (QED) is 0.567. The van der Waals surface area contributed by atoms with Crippen molar-refractivity contribution in [2.24, 2.45) is 5.92 Å². The molecular formula is C16H26N2O4S. The number of methoxy groups -OCH3 is 1. The Kier molecular flexibility index (Phi) is 5.69. The second kappa shape index (κ2) is 7.75. The fraction of sp³-hybridized carbons (Fsp3) is 0.875. The molecule has 3 saturated heterocycles. The molecule has 3 fully saturated rings. The summed E-state index contributed by atoms with van der Waals surface area (Å²) >= 11 is 1.91. The van der Waals surface area contributed by atoms with Gasteiger partial charge in [-0.3, -0.25) is 4.79 Å². The van der Waals surface area contributed by atoms with Crippen molar-refractivity contribution in [3.05, 3.63) is 0 Å². The fourth-order valence-electron chi connectivity index (χ4n) is 3.87. The SMILES string of the molecule is COC(=O)C(CCC[C@@H]1SC[C@@H]2NC(=O)N[C@@H]21)C1CCCCO1. The molecule has 0 aliphatic carbocycles. The summed E-state index contributed by atoms with van der Waals surface area (Å²) in [6.45, 7) is 0.748. The van der Waals surface area contributed by atoms with Crippen molar-refractivity contribution in [1.82, 2.24) is 10.6 Å². The van der Waals surface area contributed by atoms with Crippen molar-refractivity contribution >= 4 is 23.8 Å². The topological polar surface area (TPSA) is 76.7 Å². The zero-order valence-corrected chi connectivity index (χ0v) is 14.4. The van der Waals surface area contributed by atoms with Crippen LogP contribution in [-0.2, 0) is 14.3 Å². The Morgan fingerprint density at radius 2 is 2.30 bits per heavy atom. The van der Waals surface area contributed by atoms with Crippen molar-refractivity contribution in [3.63, 3.8) is 0 Å². The number of nitrogens with one attached hydrogen (secondary N) is 2. The molecule has 3 heterocycles. The van der Waals surface area contributed by atoms with Gasteiger partial charge < -0.3 is 20.1 Å². The molecule has 0 aromatic rings. The number of urea groups is 1. The van der Waals surface area contributed by atoms with E-state index in [9.17, 15) is 9.59 Å². The predicted molar refractivity (Wildman–Crippen MR) is 88.4 cm³/mol. The lowest BCUT2D eigenvalue weighted by Crippen LogP contribution is -2.37. The summed E-state index contributed by atoms with van der Waals surface area (Å²) in [5, 5.41) is 6.41. The van der Waals surface area contributed by atoms with E-state index in [0.29, 0.717) is 5.25 Å². The van der Waals surface area contributed by atoms with Crippen LogP contribution in [0, 0.1) is 5.92 Å². The van der Waals surface area contributed by atoms with E-state index < -0.39 is 0 Å². The Labute approximate surface area is 141 Å². The highest BCUT2D eigenvalue weighted by Crippen LogP contribution is 2.34. The molecule has 5 atom stereocenters. The molecule has 0 aromatic carbocycles. The molecular weight excluding hydrogens is 316 g/mol. The maximum atomic E-state index is 12.1. The molecule has 3 rings (SSSR count). The summed E-state index contributed by atoms with van der Waals surface area (Å²) < 4.78 is 10.8. The summed E-state index contributed by atoms with van der Waals surface area (Å²) in [5.41, 5.74) is 0. The fourth-order valence-corrected chi connectivity index (χ4v) is 5.42. The van der Waals surface area contributed by atoms with Crippen LogP contribution < -0.4 is 10.6 Å². The summed E-state index contributed by atoms with van der Waals surface area (Å²) in [5.74, 6) is 0.670. The summed E-state index contributed by atoms with van der Waals surface area (Å²) in [6.07, 6.45) is 5.92. The number of fused-ring (bicyclic) bond motifs is 1. The van der Waals surface area contributed by atoms with Crippen LogP contribution in [-0.4, -0.2) is 54.9 Å². The van der Waals surface area contributed by atoms with Gasteiger partial charge in [0.25, 0.3) is 0 Å². The highest BCUT2D eigenvalue weighted by atomic mass is 32.2. The highest BCUT2D eigenvalue weighted by molar-refractivity contribution is 8.00. The Morgan fingerprint density at radius 3 is 3.04 bits per heavy atom. The number of hydrogen-bond acceptors (Lipinski definition) is 5. The lowest BCUT2D eigenvalue weighted by atomic mass is 9.90. The van der Waals surface area contributed by atoms with Gasteiger partial charge in [0.05, 0.1) is 31.2 Å². The first-order chi connectivity index (χ1) is 11.2. The van der Waals surface area contributed by atoms with Gasteiger partial charge in [-0.15, -0.1) is 0 Å². The van der Waals surface area contributed by atoms with Gasteiger partial charge in [-0.25, -0.2) is 4.79 Å². The van der Waals surface area contributed by atoms with Crippen LogP contribution in [0.3, 0.4) is 0 Å². The highest BCUT2D eigenvalue weighted by Gasteiger charge is 2.42. The van der Waals surface area contributed by atoms with E-state index in [1.165, 1.54) is 7.11 Å². The maximum Gasteiger partial charge on any atom is 0.315 e. The van der Waals surface area contributed by atoms with Crippen molar-refractivity contribution in [1.29, 1.82) is 0 Å². The number of carbonyl (C=O) groups is 2. The van der Waals surface area contributed by atoms with Gasteiger partial charge in [-0.1, -0.05) is 6.42 Å². The van der Waals surface area contributed by atoms with E-state index in [-0.39, 0.29) is 36.1 Å². The molecule has 3 aliphatic rings. The molecule has 0 radical (unpaired) electrons. The molecule has 6 nitrogen and oxygen atoms in total. The van der Waals surface area contributed by atoms with E-state index in [1.807, 2.05) is 11.8 Å². The molecule has 2 unspecified atom stereocenters. The van der Waals surface area contributed by atoms with Crippen molar-refractivity contribution < 1.29 is 19.1 Å². The molecule has 2 amide bonds. The number of carbonyl (C=O) groups excluding carboxylic acids is 2. The normalized spacial score (nSPS) is 34.4. The average molecular weight is 342 g/mol. The minimum Gasteiger partial charge on any atom is -0.469 e. The van der Waals surface area contributed by atoms with E-state index >= 15 is 0 Å². The number of thioether (sulfide) groups is 1. The van der Waals surface area contributed by atoms with Crippen molar-refractivity contribution in [2.75, 3.05) is 19.5 Å². The molecule has 23 heavy (non-hydrogen) atoms. The number of esters is 1. The average Bonchev–Trinajstić information content (AvgIpc) is 3.11. The molecule has 0 saturated carbocycles. The summed E-state index contributed by atoms with van der Waals surface area (Å²) in [6, 6.07) is 0.443. The number of ether oxygens (including phenoxy) is 2. The lowest BCUT2D eigenvalue weighted by molar-refractivity contribution is -0.153. The molecule has 0 aromatic heterocycles. The first-order valence-electron chi connectivity index (χ1n) is 8.57. The van der Waals surface area contributed by atoms with Crippen LogP contribution in [0.4, 0.5) is 4.79 Å². The van der Waals surface area contributed by atoms with Gasteiger partial charge in [0.1, 0.15) is 0 Å². The Hall–Kier alpha value is -0.950. The van der Waals surface area contributed by atoms with E-state index in [4.69, 9.17) is 9.47 Å². The zero-order valence-electron chi connectivity index (χ0n) is 13.6. The van der Waals surface area contributed by atoms with E-state index in [0.717, 1.165) is 50.9 Å². The Balaban J connectivity index is 1.48. The van der Waals surface area contributed by atoms with Crippen LogP contribution in [0.5, 0.6) is 0 Å². The van der Waals surface area contributed by atoms with Crippen LogP contribution in [0.15, 0.2) is 0 Å². The first kappa shape index (κ1) is 16.9. The van der Waals surface area contributed by atoms with Crippen molar-refractivity contribution in [2.45, 2.75) is 62.0 Å². The molecule has 2 N–H and O–H groups in total. The Morgan fingerprint density at radius 1 is 1.43 bits per heavy atom. The lowest BCUT2D eigenvalue weighted by Gasteiger charge is -2.29. The maximum absolute atomic E-state index is 12.1. The first-order valence-corrected chi connectivity index (χ1v) is 9.62. The smallest absolute Gasteiger partial charge is 0.315 e. The second-order valence-electron chi connectivity index (χ2n) is 6.59. The number of hydrogen-bond donors (Lipinski definition) is 2. The van der Waals surface area contributed by atoms with Gasteiger partial charge in [-0.2, -0.15) is 11.8 Å². The van der Waals surface area contributed by atoms with Crippen LogP contribution in [0.2, 0.25) is 0 Å². The standard InChI is InChI=1S/C16H26N2O4S/c1-21-15(19)10(12-6-2-3-8-22-12)5-4-7-13-14-11(9-23-13)17-16(20)18-14/h10-14H,2-9H2,1H3,(H2,17,18,20)/t10?,11-,12?,13-,14-/m0/s1. The second-order valence-corrected chi connectivity index (χ2v) is 7.86. The van der Waals surface area contributed by atoms with E-state index in [2.05, 4.69) is 10.6 Å². The van der Waals surface area contributed by atoms with Gasteiger partial charge in [-0.05, 0) is 32.1 Å². The summed E-state index contributed by atoms with van der Waals surface area (Å²) in [4.78, 5) is 23.5. The number of amides is 2. The molecule has 0 spiro atoms. The molecule has 130 valence electrons.